The Morgan fingerprint density at radius 3 is 2.61 bits per heavy atom. The largest absolute Gasteiger partial charge is 0.422 e. The molecule has 0 spiro atoms. The van der Waals surface area contributed by atoms with E-state index < -0.39 is 0 Å². The molecule has 3 nitrogen and oxygen atoms in total. The molecule has 0 saturated carbocycles. The second-order valence-electron chi connectivity index (χ2n) is 5.84. The summed E-state index contributed by atoms with van der Waals surface area (Å²) in [6, 6.07) is 22.8. The van der Waals surface area contributed by atoms with E-state index in [1.165, 1.54) is 5.56 Å². The lowest BCUT2D eigenvalue weighted by molar-refractivity contribution is 0.644. The van der Waals surface area contributed by atoms with Crippen molar-refractivity contribution in [3.8, 4) is 11.1 Å². The first-order chi connectivity index (χ1) is 11.3. The Balaban J connectivity index is 1.91. The Morgan fingerprint density at radius 1 is 0.870 bits per heavy atom. The molecule has 0 radical (unpaired) electrons. The maximum Gasteiger partial charge on any atom is 0.307 e. The minimum atomic E-state index is 0.640. The molecule has 0 unspecified atom stereocenters. The van der Waals surface area contributed by atoms with E-state index in [2.05, 4.69) is 64.8 Å². The van der Waals surface area contributed by atoms with Crippen molar-refractivity contribution in [3.63, 3.8) is 0 Å². The quantitative estimate of drug-likeness (QED) is 0.425. The highest BCUT2D eigenvalue weighted by Crippen LogP contribution is 2.33. The number of aromatic nitrogens is 2. The molecule has 0 bridgehead atoms. The predicted molar refractivity (Wildman–Crippen MR) is 92.6 cm³/mol. The third-order valence-corrected chi connectivity index (χ3v) is 4.29. The van der Waals surface area contributed by atoms with Crippen LogP contribution in [-0.2, 0) is 0 Å². The molecule has 3 aromatic carbocycles. The van der Waals surface area contributed by atoms with Crippen LogP contribution in [0.25, 0.3) is 39.1 Å². The minimum absolute atomic E-state index is 0.640. The third-order valence-electron chi connectivity index (χ3n) is 4.29. The molecule has 0 N–H and O–H groups in total. The van der Waals surface area contributed by atoms with E-state index in [0.717, 1.165) is 33.3 Å². The number of oxazole rings is 1. The van der Waals surface area contributed by atoms with Crippen LogP contribution in [0.15, 0.2) is 71.1 Å². The molecule has 0 amide bonds. The standard InChI is InChI=1S/C20H14N2O/c1-13-6-4-7-14(12-13)15-8-5-11-18-19(15)23-20-21-16-9-2-3-10-17(16)22(18)20/h2-12H,1H3. The Morgan fingerprint density at radius 2 is 1.70 bits per heavy atom. The van der Waals surface area contributed by atoms with Gasteiger partial charge in [-0.15, -0.1) is 0 Å². The van der Waals surface area contributed by atoms with Gasteiger partial charge in [-0.25, -0.2) is 0 Å². The van der Waals surface area contributed by atoms with Crippen molar-refractivity contribution in [3.05, 3.63) is 72.3 Å². The van der Waals surface area contributed by atoms with E-state index in [9.17, 15) is 0 Å². The Bertz CT molecular complexity index is 1180. The van der Waals surface area contributed by atoms with Gasteiger partial charge >= 0.3 is 5.84 Å². The van der Waals surface area contributed by atoms with Crippen molar-refractivity contribution in [1.29, 1.82) is 0 Å². The van der Waals surface area contributed by atoms with Gasteiger partial charge < -0.3 is 4.42 Å². The number of hydrogen-bond donors (Lipinski definition) is 0. The number of aryl methyl sites for hydroxylation is 1. The van der Waals surface area contributed by atoms with Gasteiger partial charge in [0.05, 0.1) is 16.6 Å². The molecule has 0 aliphatic heterocycles. The summed E-state index contributed by atoms with van der Waals surface area (Å²) in [4.78, 5) is 4.60. The Labute approximate surface area is 132 Å². The molecule has 0 atom stereocenters. The summed E-state index contributed by atoms with van der Waals surface area (Å²) >= 11 is 0. The highest BCUT2D eigenvalue weighted by Gasteiger charge is 2.15. The van der Waals surface area contributed by atoms with Crippen LogP contribution in [0.4, 0.5) is 0 Å². The van der Waals surface area contributed by atoms with Gasteiger partial charge in [-0.05, 0) is 30.7 Å². The normalized spacial score (nSPS) is 11.7. The predicted octanol–water partition coefficient (Wildman–Crippen LogP) is 5.21. The van der Waals surface area contributed by atoms with Gasteiger partial charge in [-0.3, -0.25) is 4.40 Å². The molecule has 3 heteroatoms. The average molecular weight is 298 g/mol. The summed E-state index contributed by atoms with van der Waals surface area (Å²) in [7, 11) is 0. The van der Waals surface area contributed by atoms with Crippen LogP contribution in [-0.4, -0.2) is 9.38 Å². The number of fused-ring (bicyclic) bond motifs is 5. The number of hydrogen-bond acceptors (Lipinski definition) is 2. The fraction of sp³-hybridized carbons (Fsp3) is 0.0500. The molecule has 2 aromatic heterocycles. The first kappa shape index (κ1) is 12.5. The summed E-state index contributed by atoms with van der Waals surface area (Å²) in [5.74, 6) is 0.640. The maximum atomic E-state index is 6.11. The lowest BCUT2D eigenvalue weighted by Gasteiger charge is -2.03. The average Bonchev–Trinajstić information content (AvgIpc) is 3.10. The molecule has 0 aliphatic rings. The Kier molecular flexibility index (Phi) is 2.42. The third kappa shape index (κ3) is 1.73. The molecule has 5 rings (SSSR count). The Hall–Kier alpha value is -3.07. The number of rotatable bonds is 1. The van der Waals surface area contributed by atoms with E-state index >= 15 is 0 Å². The number of imidazole rings is 1. The van der Waals surface area contributed by atoms with Crippen LogP contribution >= 0.6 is 0 Å². The smallest absolute Gasteiger partial charge is 0.307 e. The zero-order valence-corrected chi connectivity index (χ0v) is 12.7. The van der Waals surface area contributed by atoms with Crippen LogP contribution in [0.5, 0.6) is 0 Å². The van der Waals surface area contributed by atoms with E-state index in [4.69, 9.17) is 4.42 Å². The van der Waals surface area contributed by atoms with E-state index in [0.29, 0.717) is 5.84 Å². The minimum Gasteiger partial charge on any atom is -0.422 e. The molecule has 110 valence electrons. The van der Waals surface area contributed by atoms with Crippen molar-refractivity contribution in [2.45, 2.75) is 6.92 Å². The van der Waals surface area contributed by atoms with Gasteiger partial charge in [-0.1, -0.05) is 54.1 Å². The molecule has 0 saturated heterocycles. The summed E-state index contributed by atoms with van der Waals surface area (Å²) in [6.45, 7) is 2.10. The summed E-state index contributed by atoms with van der Waals surface area (Å²) < 4.78 is 8.20. The second kappa shape index (κ2) is 4.46. The monoisotopic (exact) mass is 298 g/mol. The molecule has 0 fully saturated rings. The first-order valence-electron chi connectivity index (χ1n) is 7.67. The van der Waals surface area contributed by atoms with Gasteiger partial charge in [0.1, 0.15) is 0 Å². The SMILES string of the molecule is Cc1cccc(-c2cccc3c2oc2nc4ccccc4n23)c1. The van der Waals surface area contributed by atoms with Crippen molar-refractivity contribution in [2.75, 3.05) is 0 Å². The van der Waals surface area contributed by atoms with Crippen LogP contribution < -0.4 is 0 Å². The van der Waals surface area contributed by atoms with Gasteiger partial charge in [0.15, 0.2) is 5.58 Å². The fourth-order valence-electron chi connectivity index (χ4n) is 3.24. The van der Waals surface area contributed by atoms with Crippen molar-refractivity contribution in [2.24, 2.45) is 0 Å². The topological polar surface area (TPSA) is 30.4 Å². The van der Waals surface area contributed by atoms with Crippen LogP contribution in [0.2, 0.25) is 0 Å². The lowest BCUT2D eigenvalue weighted by Crippen LogP contribution is -1.83. The van der Waals surface area contributed by atoms with Crippen molar-refractivity contribution >= 4 is 28.0 Å². The number of nitrogens with zero attached hydrogens (tertiary/aromatic N) is 2. The van der Waals surface area contributed by atoms with Crippen LogP contribution in [0.1, 0.15) is 5.56 Å². The van der Waals surface area contributed by atoms with Crippen molar-refractivity contribution in [1.82, 2.24) is 9.38 Å². The highest BCUT2D eigenvalue weighted by atomic mass is 16.4. The lowest BCUT2D eigenvalue weighted by atomic mass is 10.0. The summed E-state index contributed by atoms with van der Waals surface area (Å²) in [6.07, 6.45) is 0. The van der Waals surface area contributed by atoms with E-state index in [-0.39, 0.29) is 0 Å². The summed E-state index contributed by atoms with van der Waals surface area (Å²) in [5.41, 5.74) is 7.45. The van der Waals surface area contributed by atoms with Gasteiger partial charge in [0.2, 0.25) is 0 Å². The fourth-order valence-corrected chi connectivity index (χ4v) is 3.24. The molecule has 2 heterocycles. The van der Waals surface area contributed by atoms with E-state index in [1.54, 1.807) is 0 Å². The van der Waals surface area contributed by atoms with Crippen molar-refractivity contribution < 1.29 is 4.42 Å². The molecule has 23 heavy (non-hydrogen) atoms. The molecular weight excluding hydrogens is 284 g/mol. The first-order valence-corrected chi connectivity index (χ1v) is 7.67. The van der Waals surface area contributed by atoms with E-state index in [1.807, 2.05) is 18.2 Å². The zero-order valence-electron chi connectivity index (χ0n) is 12.7. The number of para-hydroxylation sites is 3. The van der Waals surface area contributed by atoms with Crippen LogP contribution in [0, 0.1) is 6.92 Å². The number of benzene rings is 3. The van der Waals surface area contributed by atoms with Gasteiger partial charge in [0, 0.05) is 5.56 Å². The van der Waals surface area contributed by atoms with Gasteiger partial charge in [0.25, 0.3) is 0 Å². The maximum absolute atomic E-state index is 6.11. The van der Waals surface area contributed by atoms with Gasteiger partial charge in [-0.2, -0.15) is 4.98 Å². The molecule has 0 aliphatic carbocycles. The molecule has 5 aromatic rings. The zero-order chi connectivity index (χ0) is 15.4. The highest BCUT2D eigenvalue weighted by molar-refractivity contribution is 5.95. The second-order valence-corrected chi connectivity index (χ2v) is 5.84. The molecular formula is C20H14N2O. The van der Waals surface area contributed by atoms with Crippen LogP contribution in [0.3, 0.4) is 0 Å². The summed E-state index contributed by atoms with van der Waals surface area (Å²) in [5, 5.41) is 0.